The topological polar surface area (TPSA) is 54.0 Å². The minimum atomic E-state index is 0.0948. The third-order valence-electron chi connectivity index (χ3n) is 7.76. The lowest BCUT2D eigenvalue weighted by atomic mass is 9.76. The van der Waals surface area contributed by atoms with Crippen molar-refractivity contribution < 1.29 is 14.3 Å². The average Bonchev–Trinajstić information content (AvgIpc) is 2.86. The number of benzene rings is 2. The first-order chi connectivity index (χ1) is 16.2. The molecule has 0 unspecified atom stereocenters. The number of carbonyl (C=O) groups is 1. The van der Waals surface area contributed by atoms with Crippen LogP contribution in [0.3, 0.4) is 0 Å². The van der Waals surface area contributed by atoms with E-state index in [1.54, 1.807) is 14.2 Å². The van der Waals surface area contributed by atoms with Gasteiger partial charge in [0.05, 0.1) is 14.2 Å². The molecule has 3 heterocycles. The van der Waals surface area contributed by atoms with E-state index in [9.17, 15) is 4.79 Å². The van der Waals surface area contributed by atoms with Crippen molar-refractivity contribution in [3.05, 3.63) is 59.2 Å². The van der Waals surface area contributed by atoms with Gasteiger partial charge in [-0.15, -0.1) is 0 Å². The highest BCUT2D eigenvalue weighted by atomic mass is 16.5. The molecule has 3 aliphatic rings. The summed E-state index contributed by atoms with van der Waals surface area (Å²) < 4.78 is 11.2. The van der Waals surface area contributed by atoms with E-state index in [4.69, 9.17) is 9.47 Å². The molecule has 176 valence electrons. The summed E-state index contributed by atoms with van der Waals surface area (Å²) in [5.74, 6) is 2.14. The van der Waals surface area contributed by atoms with E-state index in [2.05, 4.69) is 39.4 Å². The summed E-state index contributed by atoms with van der Waals surface area (Å²) >= 11 is 0. The average molecular weight is 450 g/mol. The highest BCUT2D eigenvalue weighted by molar-refractivity contribution is 5.74. The van der Waals surface area contributed by atoms with Crippen molar-refractivity contribution in [2.45, 2.75) is 44.2 Å². The fraction of sp³-hybridized carbons (Fsp3) is 0.519. The molecule has 2 aromatic carbocycles. The third-order valence-corrected chi connectivity index (χ3v) is 7.76. The number of nitrogens with one attached hydrogen (secondary N) is 1. The number of ether oxygens (including phenoxy) is 2. The quantitative estimate of drug-likeness (QED) is 0.749. The lowest BCUT2D eigenvalue weighted by Crippen LogP contribution is -2.59. The maximum Gasteiger partial charge on any atom is 0.317 e. The van der Waals surface area contributed by atoms with Gasteiger partial charge in [-0.3, -0.25) is 4.90 Å². The first kappa shape index (κ1) is 22.1. The molecule has 2 aromatic rings. The Morgan fingerprint density at radius 3 is 2.67 bits per heavy atom. The number of nitrogens with zero attached hydrogens (tertiary/aromatic N) is 2. The summed E-state index contributed by atoms with van der Waals surface area (Å²) in [7, 11) is 3.39. The van der Waals surface area contributed by atoms with E-state index in [1.807, 2.05) is 18.2 Å². The zero-order valence-electron chi connectivity index (χ0n) is 19.8. The van der Waals surface area contributed by atoms with Gasteiger partial charge in [-0.1, -0.05) is 30.3 Å². The molecule has 6 heteroatoms. The predicted octanol–water partition coefficient (Wildman–Crippen LogP) is 4.04. The summed E-state index contributed by atoms with van der Waals surface area (Å²) in [5.41, 5.74) is 3.94. The molecule has 2 amide bonds. The van der Waals surface area contributed by atoms with E-state index >= 15 is 0 Å². The Kier molecular flexibility index (Phi) is 6.45. The van der Waals surface area contributed by atoms with Crippen LogP contribution in [0.2, 0.25) is 0 Å². The molecule has 2 fully saturated rings. The van der Waals surface area contributed by atoms with Crippen molar-refractivity contribution in [3.8, 4) is 11.5 Å². The van der Waals surface area contributed by atoms with Crippen molar-refractivity contribution in [2.24, 2.45) is 5.92 Å². The van der Waals surface area contributed by atoms with Crippen LogP contribution in [0.1, 0.15) is 42.0 Å². The number of methoxy groups -OCH3 is 2. The van der Waals surface area contributed by atoms with Gasteiger partial charge in [0.15, 0.2) is 11.5 Å². The van der Waals surface area contributed by atoms with Crippen LogP contribution in [0, 0.1) is 5.92 Å². The second-order valence-corrected chi connectivity index (χ2v) is 9.53. The van der Waals surface area contributed by atoms with Crippen molar-refractivity contribution in [1.29, 1.82) is 0 Å². The molecule has 0 aliphatic carbocycles. The molecule has 33 heavy (non-hydrogen) atoms. The smallest absolute Gasteiger partial charge is 0.317 e. The molecule has 3 aliphatic heterocycles. The maximum absolute atomic E-state index is 13.2. The molecule has 0 spiro atoms. The molecular weight excluding hydrogens is 414 g/mol. The van der Waals surface area contributed by atoms with Crippen molar-refractivity contribution >= 4 is 6.03 Å². The molecule has 0 aromatic heterocycles. The standard InChI is InChI=1S/C27H35N3O3/c1-32-25-15-20-11-14-29-18-21-9-6-13-30(23(21)17-24(29)22(20)16-26(25)33-2)27(31)28-12-10-19-7-4-3-5-8-19/h3-5,7-8,15-16,21,23-24H,6,9-14,17-18H2,1-2H3,(H,28,31)/t21-,23+,24-/m1/s1. The van der Waals surface area contributed by atoms with Gasteiger partial charge in [-0.2, -0.15) is 0 Å². The number of amides is 2. The van der Waals surface area contributed by atoms with Crippen LogP contribution < -0.4 is 14.8 Å². The van der Waals surface area contributed by atoms with E-state index in [1.165, 1.54) is 23.1 Å². The lowest BCUT2D eigenvalue weighted by molar-refractivity contribution is 0.00568. The number of hydrogen-bond acceptors (Lipinski definition) is 4. The Labute approximate surface area is 196 Å². The molecule has 2 saturated heterocycles. The van der Waals surface area contributed by atoms with Gasteiger partial charge in [-0.25, -0.2) is 4.79 Å². The number of urea groups is 1. The zero-order valence-corrected chi connectivity index (χ0v) is 19.8. The fourth-order valence-corrected chi connectivity index (χ4v) is 6.09. The van der Waals surface area contributed by atoms with Crippen LogP contribution in [-0.2, 0) is 12.8 Å². The first-order valence-corrected chi connectivity index (χ1v) is 12.2. The molecular formula is C27H35N3O3. The van der Waals surface area contributed by atoms with E-state index in [-0.39, 0.29) is 12.1 Å². The van der Waals surface area contributed by atoms with E-state index < -0.39 is 0 Å². The Bertz CT molecular complexity index is 980. The number of likely N-dealkylation sites (tertiary alicyclic amines) is 1. The van der Waals surface area contributed by atoms with Crippen molar-refractivity contribution in [2.75, 3.05) is 40.4 Å². The van der Waals surface area contributed by atoms with Gasteiger partial charge in [0.25, 0.3) is 0 Å². The summed E-state index contributed by atoms with van der Waals surface area (Å²) in [6.45, 7) is 3.66. The van der Waals surface area contributed by atoms with Crippen molar-refractivity contribution in [3.63, 3.8) is 0 Å². The molecule has 3 atom stereocenters. The van der Waals surface area contributed by atoms with Gasteiger partial charge >= 0.3 is 6.03 Å². The number of carbonyl (C=O) groups excluding carboxylic acids is 1. The van der Waals surface area contributed by atoms with Crippen LogP contribution in [-0.4, -0.2) is 62.3 Å². The van der Waals surface area contributed by atoms with Crippen LogP contribution in [0.25, 0.3) is 0 Å². The summed E-state index contributed by atoms with van der Waals surface area (Å²) in [5, 5.41) is 3.20. The van der Waals surface area contributed by atoms with Crippen LogP contribution in [0.15, 0.2) is 42.5 Å². The Balaban J connectivity index is 1.31. The van der Waals surface area contributed by atoms with Crippen molar-refractivity contribution in [1.82, 2.24) is 15.1 Å². The monoisotopic (exact) mass is 449 g/mol. The van der Waals surface area contributed by atoms with Gasteiger partial charge < -0.3 is 19.7 Å². The van der Waals surface area contributed by atoms with Gasteiger partial charge in [-0.05, 0) is 66.8 Å². The lowest BCUT2D eigenvalue weighted by Gasteiger charge is -2.52. The summed E-state index contributed by atoms with van der Waals surface area (Å²) in [6.07, 6.45) is 5.18. The predicted molar refractivity (Wildman–Crippen MR) is 129 cm³/mol. The summed E-state index contributed by atoms with van der Waals surface area (Å²) in [4.78, 5) is 18.0. The molecule has 0 bridgehead atoms. The van der Waals surface area contributed by atoms with Gasteiger partial charge in [0.1, 0.15) is 0 Å². The second kappa shape index (κ2) is 9.64. The number of rotatable bonds is 5. The Morgan fingerprint density at radius 1 is 1.09 bits per heavy atom. The number of piperidine rings is 2. The minimum absolute atomic E-state index is 0.0948. The fourth-order valence-electron chi connectivity index (χ4n) is 6.09. The first-order valence-electron chi connectivity index (χ1n) is 12.2. The molecule has 1 N–H and O–H groups in total. The van der Waals surface area contributed by atoms with E-state index in [0.29, 0.717) is 18.5 Å². The SMILES string of the molecule is COc1cc2c(cc1OC)[C@H]1C[C@H]3[C@H](CCCN3C(=O)NCCc3ccccc3)CN1CC2. The molecule has 5 rings (SSSR count). The number of fused-ring (bicyclic) bond motifs is 4. The molecule has 0 saturated carbocycles. The molecule has 6 nitrogen and oxygen atoms in total. The zero-order chi connectivity index (χ0) is 22.8. The third kappa shape index (κ3) is 4.41. The van der Waals surface area contributed by atoms with Crippen LogP contribution in [0.5, 0.6) is 11.5 Å². The minimum Gasteiger partial charge on any atom is -0.493 e. The highest BCUT2D eigenvalue weighted by Crippen LogP contribution is 2.45. The Hall–Kier alpha value is -2.73. The largest absolute Gasteiger partial charge is 0.493 e. The highest BCUT2D eigenvalue weighted by Gasteiger charge is 2.44. The van der Waals surface area contributed by atoms with Gasteiger partial charge in [0.2, 0.25) is 0 Å². The van der Waals surface area contributed by atoms with Crippen LogP contribution >= 0.6 is 0 Å². The number of hydrogen-bond donors (Lipinski definition) is 1. The van der Waals surface area contributed by atoms with Crippen LogP contribution in [0.4, 0.5) is 4.79 Å². The normalized spacial score (nSPS) is 24.3. The van der Waals surface area contributed by atoms with E-state index in [0.717, 1.165) is 56.8 Å². The molecule has 0 radical (unpaired) electrons. The second-order valence-electron chi connectivity index (χ2n) is 9.53. The maximum atomic E-state index is 13.2. The van der Waals surface area contributed by atoms with Gasteiger partial charge in [0, 0.05) is 38.3 Å². The summed E-state index contributed by atoms with van der Waals surface area (Å²) in [6, 6.07) is 15.4. The Morgan fingerprint density at radius 2 is 1.88 bits per heavy atom.